The van der Waals surface area contributed by atoms with Crippen LogP contribution in [-0.4, -0.2) is 31.2 Å². The van der Waals surface area contributed by atoms with Crippen molar-refractivity contribution in [2.24, 2.45) is 0 Å². The normalized spacial score (nSPS) is 24.1. The molecule has 1 saturated heterocycles. The molecule has 1 aliphatic rings. The van der Waals surface area contributed by atoms with Gasteiger partial charge in [-0.1, -0.05) is 19.1 Å². The highest BCUT2D eigenvalue weighted by molar-refractivity contribution is 6.64. The minimum atomic E-state index is -0.590. The van der Waals surface area contributed by atoms with Crippen LogP contribution in [-0.2, 0) is 9.31 Å². The van der Waals surface area contributed by atoms with Gasteiger partial charge in [-0.25, -0.2) is 0 Å². The van der Waals surface area contributed by atoms with Crippen LogP contribution in [0.5, 0.6) is 5.75 Å². The first-order chi connectivity index (χ1) is 9.88. The molecule has 0 N–H and O–H groups in total. The highest BCUT2D eigenvalue weighted by atomic mass is 16.7. The van der Waals surface area contributed by atoms with Crippen LogP contribution in [0.25, 0.3) is 0 Å². The average molecular weight is 290 g/mol. The van der Waals surface area contributed by atoms with Gasteiger partial charge in [-0.2, -0.15) is 0 Å². The lowest BCUT2D eigenvalue weighted by molar-refractivity contribution is -0.0118. The summed E-state index contributed by atoms with van der Waals surface area (Å²) in [4.78, 5) is 11.4. The molecule has 4 nitrogen and oxygen atoms in total. The molecule has 1 aromatic rings. The predicted molar refractivity (Wildman–Crippen MR) is 83.3 cm³/mol. The second-order valence-corrected chi connectivity index (χ2v) is 5.97. The Balaban J connectivity index is 2.45. The Kier molecular flexibility index (Phi) is 4.44. The second kappa shape index (κ2) is 5.81. The Morgan fingerprint density at radius 3 is 2.48 bits per heavy atom. The summed E-state index contributed by atoms with van der Waals surface area (Å²) in [6.07, 6.45) is 1.64. The van der Waals surface area contributed by atoms with Gasteiger partial charge in [0.05, 0.1) is 17.8 Å². The minimum Gasteiger partial charge on any atom is -0.494 e. The van der Waals surface area contributed by atoms with E-state index in [1.54, 1.807) is 12.1 Å². The first-order valence-electron chi connectivity index (χ1n) is 7.45. The number of rotatable bonds is 5. The van der Waals surface area contributed by atoms with Crippen molar-refractivity contribution in [2.45, 2.75) is 52.2 Å². The van der Waals surface area contributed by atoms with E-state index in [-0.39, 0.29) is 0 Å². The van der Waals surface area contributed by atoms with Crippen LogP contribution in [0.4, 0.5) is 0 Å². The Morgan fingerprint density at radius 2 is 1.95 bits per heavy atom. The van der Waals surface area contributed by atoms with E-state index in [0.29, 0.717) is 23.4 Å². The van der Waals surface area contributed by atoms with Gasteiger partial charge in [-0.05, 0) is 40.2 Å². The Hall–Kier alpha value is -1.33. The van der Waals surface area contributed by atoms with E-state index in [2.05, 4.69) is 6.92 Å². The number of aldehydes is 1. The first kappa shape index (κ1) is 16.1. The largest absolute Gasteiger partial charge is 0.499 e. The fourth-order valence-corrected chi connectivity index (χ4v) is 2.62. The van der Waals surface area contributed by atoms with E-state index in [1.807, 2.05) is 33.8 Å². The quantitative estimate of drug-likeness (QED) is 0.617. The molecule has 1 aliphatic heterocycles. The number of hydrogen-bond acceptors (Lipinski definition) is 4. The highest BCUT2D eigenvalue weighted by Gasteiger charge is 2.54. The minimum absolute atomic E-state index is 0.406. The van der Waals surface area contributed by atoms with Crippen molar-refractivity contribution < 1.29 is 18.8 Å². The second-order valence-electron chi connectivity index (χ2n) is 5.97. The Labute approximate surface area is 126 Å². The zero-order valence-electron chi connectivity index (χ0n) is 13.4. The summed E-state index contributed by atoms with van der Waals surface area (Å²) in [5.74, 6) is 0.642. The molecule has 21 heavy (non-hydrogen) atoms. The lowest BCUT2D eigenvalue weighted by Crippen LogP contribution is -2.44. The molecule has 1 heterocycles. The third-order valence-electron chi connectivity index (χ3n) is 4.48. The van der Waals surface area contributed by atoms with Crippen LogP contribution in [0.3, 0.4) is 0 Å². The van der Waals surface area contributed by atoms with Crippen LogP contribution in [0.15, 0.2) is 18.2 Å². The Bertz CT molecular complexity index is 529. The van der Waals surface area contributed by atoms with Crippen molar-refractivity contribution in [1.29, 1.82) is 0 Å². The van der Waals surface area contributed by atoms with E-state index < -0.39 is 18.3 Å². The molecular formula is C16H23BO4. The average Bonchev–Trinajstić information content (AvgIpc) is 2.69. The third kappa shape index (κ3) is 2.72. The lowest BCUT2D eigenvalue weighted by atomic mass is 9.75. The van der Waals surface area contributed by atoms with Gasteiger partial charge in [-0.3, -0.25) is 4.79 Å². The van der Waals surface area contributed by atoms with Crippen molar-refractivity contribution >= 4 is 18.9 Å². The molecule has 0 amide bonds. The highest BCUT2D eigenvalue weighted by Crippen LogP contribution is 2.40. The molecule has 2 rings (SSSR count). The molecule has 5 heteroatoms. The number of hydrogen-bond donors (Lipinski definition) is 0. The molecule has 0 aromatic heterocycles. The first-order valence-corrected chi connectivity index (χ1v) is 7.45. The van der Waals surface area contributed by atoms with Gasteiger partial charge in [0, 0.05) is 11.0 Å². The van der Waals surface area contributed by atoms with Crippen LogP contribution >= 0.6 is 0 Å². The maximum absolute atomic E-state index is 11.4. The van der Waals surface area contributed by atoms with E-state index in [9.17, 15) is 4.79 Å². The van der Waals surface area contributed by atoms with Gasteiger partial charge in [0.1, 0.15) is 12.0 Å². The summed E-state index contributed by atoms with van der Waals surface area (Å²) >= 11 is 0. The summed E-state index contributed by atoms with van der Waals surface area (Å²) < 4.78 is 17.9. The summed E-state index contributed by atoms with van der Waals surface area (Å²) in [6.45, 7) is 10.6. The molecule has 0 radical (unpaired) electrons. The van der Waals surface area contributed by atoms with Gasteiger partial charge < -0.3 is 14.0 Å². The molecule has 1 atom stereocenters. The van der Waals surface area contributed by atoms with E-state index in [0.717, 1.165) is 12.7 Å². The molecular weight excluding hydrogens is 267 g/mol. The number of ether oxygens (including phenoxy) is 1. The molecule has 1 aromatic carbocycles. The van der Waals surface area contributed by atoms with Crippen LogP contribution in [0.1, 0.15) is 51.4 Å². The number of carbonyl (C=O) groups excluding carboxylic acids is 1. The smallest absolute Gasteiger partial charge is 0.494 e. The maximum Gasteiger partial charge on any atom is 0.499 e. The van der Waals surface area contributed by atoms with E-state index in [1.165, 1.54) is 0 Å². The zero-order chi connectivity index (χ0) is 15.7. The number of carbonyl (C=O) groups is 1. The van der Waals surface area contributed by atoms with Crippen molar-refractivity contribution in [3.8, 4) is 5.75 Å². The van der Waals surface area contributed by atoms with Gasteiger partial charge in [-0.15, -0.1) is 0 Å². The molecule has 0 bridgehead atoms. The fourth-order valence-electron chi connectivity index (χ4n) is 2.62. The summed E-state index contributed by atoms with van der Waals surface area (Å²) in [6, 6.07) is 5.40. The van der Waals surface area contributed by atoms with Crippen LogP contribution < -0.4 is 10.2 Å². The van der Waals surface area contributed by atoms with Gasteiger partial charge >= 0.3 is 7.12 Å². The lowest BCUT2D eigenvalue weighted by Gasteiger charge is -2.35. The Morgan fingerprint density at radius 1 is 1.24 bits per heavy atom. The van der Waals surface area contributed by atoms with Crippen LogP contribution in [0.2, 0.25) is 0 Å². The maximum atomic E-state index is 11.4. The van der Waals surface area contributed by atoms with Gasteiger partial charge in [0.25, 0.3) is 0 Å². The van der Waals surface area contributed by atoms with Crippen LogP contribution in [0, 0.1) is 0 Å². The van der Waals surface area contributed by atoms with Gasteiger partial charge in [0.15, 0.2) is 0 Å². The van der Waals surface area contributed by atoms with Gasteiger partial charge in [0.2, 0.25) is 0 Å². The number of benzene rings is 1. The topological polar surface area (TPSA) is 44.8 Å². The molecule has 0 saturated carbocycles. The molecule has 0 spiro atoms. The zero-order valence-corrected chi connectivity index (χ0v) is 13.4. The summed E-state index contributed by atoms with van der Waals surface area (Å²) in [5, 5.41) is 0. The predicted octanol–water partition coefficient (Wildman–Crippen LogP) is 2.59. The van der Waals surface area contributed by atoms with Crippen molar-refractivity contribution in [3.05, 3.63) is 23.8 Å². The van der Waals surface area contributed by atoms with Crippen molar-refractivity contribution in [3.63, 3.8) is 0 Å². The molecule has 1 unspecified atom stereocenters. The molecule has 1 fully saturated rings. The fraction of sp³-hybridized carbons (Fsp3) is 0.562. The molecule has 114 valence electrons. The standard InChI is InChI=1S/C16H23BO4/c1-6-16(5)15(3,4)20-17(21-16)14-12(11-18)9-8-10-13(14)19-7-2/h8-11H,6-7H2,1-5H3. The third-order valence-corrected chi connectivity index (χ3v) is 4.48. The summed E-state index contributed by atoms with van der Waals surface area (Å²) in [5.41, 5.74) is 0.380. The molecule has 0 aliphatic carbocycles. The van der Waals surface area contributed by atoms with E-state index >= 15 is 0 Å². The summed E-state index contributed by atoms with van der Waals surface area (Å²) in [7, 11) is -0.590. The van der Waals surface area contributed by atoms with Crippen molar-refractivity contribution in [2.75, 3.05) is 6.61 Å². The SMILES string of the molecule is CCOc1cccc(C=O)c1B1OC(C)(C)C(C)(CC)O1. The van der Waals surface area contributed by atoms with E-state index in [4.69, 9.17) is 14.0 Å². The van der Waals surface area contributed by atoms with Crippen molar-refractivity contribution in [1.82, 2.24) is 0 Å². The monoisotopic (exact) mass is 290 g/mol.